The molecule has 0 radical (unpaired) electrons. The normalized spacial score (nSPS) is 22.5. The molecule has 1 aliphatic carbocycles. The number of nitrogen functional groups attached to an aromatic ring is 1. The summed E-state index contributed by atoms with van der Waals surface area (Å²) in [7, 11) is 1.67. The smallest absolute Gasteiger partial charge is 0.270 e. The molecule has 2 atom stereocenters. The van der Waals surface area contributed by atoms with Crippen LogP contribution in [-0.4, -0.2) is 84.9 Å². The Labute approximate surface area is 266 Å². The third-order valence-electron chi connectivity index (χ3n) is 8.87. The quantitative estimate of drug-likeness (QED) is 0.254. The van der Waals surface area contributed by atoms with Gasteiger partial charge in [-0.3, -0.25) is 14.4 Å². The van der Waals surface area contributed by atoms with Crippen molar-refractivity contribution in [2.75, 3.05) is 51.1 Å². The van der Waals surface area contributed by atoms with Gasteiger partial charge in [0.1, 0.15) is 17.6 Å². The molecule has 12 nitrogen and oxygen atoms in total. The van der Waals surface area contributed by atoms with E-state index in [0.717, 1.165) is 27.8 Å². The Hall–Kier alpha value is -4.94. The topological polar surface area (TPSA) is 173 Å². The van der Waals surface area contributed by atoms with Crippen molar-refractivity contribution < 1.29 is 23.9 Å². The van der Waals surface area contributed by atoms with Crippen LogP contribution in [0.3, 0.4) is 0 Å². The number of pyridine rings is 2. The first-order valence-electron chi connectivity index (χ1n) is 15.3. The Morgan fingerprint density at radius 3 is 2.78 bits per heavy atom. The summed E-state index contributed by atoms with van der Waals surface area (Å²) in [5, 5.41) is 13.6. The van der Waals surface area contributed by atoms with Gasteiger partial charge in [-0.1, -0.05) is 24.3 Å². The fraction of sp³-hybridized carbons (Fsp3) is 0.353. The minimum atomic E-state index is -0.925. The zero-order valence-corrected chi connectivity index (χ0v) is 25.9. The Bertz CT molecular complexity index is 1760. The SMILES string of the molecule is Cc1cc(C[C@H]2NC(=O)c3ccc4c(n3)CC3(C4)C(=O)Nc4ncc(cc43)/C=C/COCCOCCN(C)C2=O)cc(C=N)c1N. The molecule has 6 rings (SSSR count). The number of ether oxygens (including phenoxy) is 2. The highest BCUT2D eigenvalue weighted by molar-refractivity contribution is 6.06. The highest BCUT2D eigenvalue weighted by atomic mass is 16.5. The molecule has 1 spiro atoms. The van der Waals surface area contributed by atoms with Gasteiger partial charge < -0.3 is 36.2 Å². The van der Waals surface area contributed by atoms with Crippen molar-refractivity contribution in [1.29, 1.82) is 5.41 Å². The molecule has 1 unspecified atom stereocenters. The van der Waals surface area contributed by atoms with E-state index in [4.69, 9.17) is 25.6 Å². The monoisotopic (exact) mass is 623 g/mol. The first-order valence-corrected chi connectivity index (χ1v) is 15.3. The number of rotatable bonds is 3. The van der Waals surface area contributed by atoms with Gasteiger partial charge in [-0.05, 0) is 53.8 Å². The van der Waals surface area contributed by atoms with Crippen LogP contribution in [0.5, 0.6) is 0 Å². The third-order valence-corrected chi connectivity index (χ3v) is 8.87. The van der Waals surface area contributed by atoms with Gasteiger partial charge in [0.15, 0.2) is 0 Å². The van der Waals surface area contributed by atoms with Crippen LogP contribution in [0.15, 0.2) is 42.6 Å². The molecule has 3 amide bonds. The van der Waals surface area contributed by atoms with E-state index in [9.17, 15) is 14.4 Å². The molecule has 5 bridgehead atoms. The number of anilines is 2. The summed E-state index contributed by atoms with van der Waals surface area (Å²) in [5.41, 5.74) is 11.2. The number of nitrogens with two attached hydrogens (primary N) is 1. The summed E-state index contributed by atoms with van der Waals surface area (Å²) in [6, 6.07) is 8.13. The zero-order chi connectivity index (χ0) is 32.4. The Kier molecular flexibility index (Phi) is 8.65. The summed E-state index contributed by atoms with van der Waals surface area (Å²) < 4.78 is 11.4. The van der Waals surface area contributed by atoms with Crippen LogP contribution in [0.2, 0.25) is 0 Å². The van der Waals surface area contributed by atoms with Crippen LogP contribution >= 0.6 is 0 Å². The van der Waals surface area contributed by atoms with Gasteiger partial charge in [-0.2, -0.15) is 0 Å². The maximum atomic E-state index is 13.7. The number of likely N-dealkylation sites (N-methyl/N-ethyl adjacent to an activating group) is 1. The first-order chi connectivity index (χ1) is 22.2. The summed E-state index contributed by atoms with van der Waals surface area (Å²) >= 11 is 0. The van der Waals surface area contributed by atoms with Crippen LogP contribution in [0, 0.1) is 12.3 Å². The molecule has 2 aromatic heterocycles. The molecule has 0 fully saturated rings. The predicted octanol–water partition coefficient (Wildman–Crippen LogP) is 2.21. The number of amides is 3. The van der Waals surface area contributed by atoms with E-state index in [-0.39, 0.29) is 23.9 Å². The molecule has 46 heavy (non-hydrogen) atoms. The maximum Gasteiger partial charge on any atom is 0.270 e. The molecule has 238 valence electrons. The molecule has 0 saturated heterocycles. The van der Waals surface area contributed by atoms with E-state index in [1.165, 1.54) is 11.1 Å². The average molecular weight is 624 g/mol. The zero-order valence-electron chi connectivity index (χ0n) is 25.9. The second-order valence-electron chi connectivity index (χ2n) is 12.0. The highest BCUT2D eigenvalue weighted by Gasteiger charge is 2.52. The number of hydrogen-bond donors (Lipinski definition) is 4. The minimum Gasteiger partial charge on any atom is -0.398 e. The lowest BCUT2D eigenvalue weighted by Crippen LogP contribution is -2.49. The van der Waals surface area contributed by atoms with Crippen molar-refractivity contribution in [2.24, 2.45) is 0 Å². The number of benzene rings is 1. The van der Waals surface area contributed by atoms with Crippen LogP contribution in [0.25, 0.3) is 6.08 Å². The molecule has 1 aromatic carbocycles. The second kappa shape index (κ2) is 12.8. The first kappa shape index (κ1) is 31.1. The fourth-order valence-electron chi connectivity index (χ4n) is 6.32. The molecule has 0 saturated carbocycles. The highest BCUT2D eigenvalue weighted by Crippen LogP contribution is 2.46. The van der Waals surface area contributed by atoms with Crippen LogP contribution < -0.4 is 16.4 Å². The number of hydrogen-bond acceptors (Lipinski definition) is 9. The van der Waals surface area contributed by atoms with Crippen molar-refractivity contribution in [3.63, 3.8) is 0 Å². The van der Waals surface area contributed by atoms with Crippen LogP contribution in [0.1, 0.15) is 49.6 Å². The second-order valence-corrected chi connectivity index (χ2v) is 12.0. The lowest BCUT2D eigenvalue weighted by Gasteiger charge is -2.25. The van der Waals surface area contributed by atoms with Gasteiger partial charge in [0.2, 0.25) is 11.8 Å². The Morgan fingerprint density at radius 2 is 1.96 bits per heavy atom. The summed E-state index contributed by atoms with van der Waals surface area (Å²) in [6.07, 6.45) is 7.63. The summed E-state index contributed by atoms with van der Waals surface area (Å²) in [6.45, 7) is 3.56. The molecule has 3 aliphatic rings. The van der Waals surface area contributed by atoms with Gasteiger partial charge >= 0.3 is 0 Å². The Morgan fingerprint density at radius 1 is 1.13 bits per heavy atom. The Balaban J connectivity index is 1.32. The number of nitrogens with one attached hydrogen (secondary N) is 3. The van der Waals surface area contributed by atoms with Gasteiger partial charge in [0.05, 0.1) is 31.8 Å². The number of fused-ring (bicyclic) bond motifs is 2. The van der Waals surface area contributed by atoms with Crippen molar-refractivity contribution in [1.82, 2.24) is 20.2 Å². The van der Waals surface area contributed by atoms with Gasteiger partial charge in [-0.25, -0.2) is 9.97 Å². The number of carbonyl (C=O) groups is 3. The van der Waals surface area contributed by atoms with E-state index in [2.05, 4.69) is 15.6 Å². The molecule has 2 aliphatic heterocycles. The fourth-order valence-corrected chi connectivity index (χ4v) is 6.32. The van der Waals surface area contributed by atoms with Crippen molar-refractivity contribution in [2.45, 2.75) is 37.6 Å². The van der Waals surface area contributed by atoms with Gasteiger partial charge in [-0.15, -0.1) is 0 Å². The van der Waals surface area contributed by atoms with E-state index >= 15 is 0 Å². The van der Waals surface area contributed by atoms with E-state index < -0.39 is 17.4 Å². The lowest BCUT2D eigenvalue weighted by molar-refractivity contribution is -0.132. The third kappa shape index (κ3) is 6.01. The summed E-state index contributed by atoms with van der Waals surface area (Å²) in [4.78, 5) is 51.5. The molecule has 12 heteroatoms. The maximum absolute atomic E-state index is 13.7. The van der Waals surface area contributed by atoms with Crippen molar-refractivity contribution in [3.05, 3.63) is 87.4 Å². The lowest BCUT2D eigenvalue weighted by atomic mass is 9.79. The predicted molar refractivity (Wildman–Crippen MR) is 173 cm³/mol. The molecule has 4 heterocycles. The van der Waals surface area contributed by atoms with Crippen molar-refractivity contribution >= 4 is 41.5 Å². The number of carbonyl (C=O) groups excluding carboxylic acids is 3. The van der Waals surface area contributed by atoms with Gasteiger partial charge in [0, 0.05) is 61.4 Å². The molecular weight excluding hydrogens is 586 g/mol. The van der Waals surface area contributed by atoms with Crippen molar-refractivity contribution in [3.8, 4) is 0 Å². The van der Waals surface area contributed by atoms with Crippen LogP contribution in [0.4, 0.5) is 11.5 Å². The standard InChI is InChI=1S/C34H37N7O5/c1-20-12-22(13-24(18-35)29(20)36)15-27-32(43)41(2)7-9-46-11-10-45-8-3-4-21-14-25-30(37-19-21)40-33(44)34(25)16-23-5-6-26(31(42)39-27)38-28(23)17-34/h3-6,12-14,18-19,27,35H,7-11,15-17,36H2,1-2H3,(H,39,42)(H,37,40,44)/b4-3+,35-18?/t27-,34?/m1/s1. The van der Waals surface area contributed by atoms with E-state index in [1.54, 1.807) is 25.4 Å². The molecular formula is C34H37N7O5. The minimum absolute atomic E-state index is 0.144. The summed E-state index contributed by atoms with van der Waals surface area (Å²) in [5.74, 6) is -0.412. The molecule has 3 aromatic rings. The van der Waals surface area contributed by atoms with E-state index in [0.29, 0.717) is 68.6 Å². The average Bonchev–Trinajstić information content (AvgIpc) is 3.56. The number of aryl methyl sites for hydroxylation is 1. The number of aromatic nitrogens is 2. The molecule has 5 N–H and O–H groups in total. The van der Waals surface area contributed by atoms with Gasteiger partial charge in [0.25, 0.3) is 5.91 Å². The van der Waals surface area contributed by atoms with E-state index in [1.807, 2.05) is 37.3 Å². The van der Waals surface area contributed by atoms with Crippen LogP contribution in [-0.2, 0) is 43.7 Å². The largest absolute Gasteiger partial charge is 0.398 e. The number of nitrogens with zero attached hydrogens (tertiary/aromatic N) is 3.